The molecule has 0 unspecified atom stereocenters. The largest absolute Gasteiger partial charge is 0.393 e. The van der Waals surface area contributed by atoms with Crippen molar-refractivity contribution in [3.8, 4) is 0 Å². The highest BCUT2D eigenvalue weighted by atomic mass is 16.3. The van der Waals surface area contributed by atoms with Crippen LogP contribution in [0, 0.1) is 46.8 Å². The van der Waals surface area contributed by atoms with Crippen molar-refractivity contribution < 1.29 is 10.2 Å². The summed E-state index contributed by atoms with van der Waals surface area (Å²) in [5.74, 6) is 5.86. The molecular formula is C26H46O2. The molecule has 4 aliphatic rings. The van der Waals surface area contributed by atoms with Gasteiger partial charge in [-0.05, 0) is 124 Å². The minimum absolute atomic E-state index is 0.112. The van der Waals surface area contributed by atoms with Crippen molar-refractivity contribution in [1.29, 1.82) is 0 Å². The number of hydrogen-bond donors (Lipinski definition) is 2. The summed E-state index contributed by atoms with van der Waals surface area (Å²) in [5, 5.41) is 20.8. The third-order valence-electron chi connectivity index (χ3n) is 10.3. The molecule has 4 aliphatic carbocycles. The van der Waals surface area contributed by atoms with E-state index in [9.17, 15) is 10.2 Å². The van der Waals surface area contributed by atoms with Gasteiger partial charge in [-0.2, -0.15) is 0 Å². The van der Waals surface area contributed by atoms with Gasteiger partial charge in [0.05, 0.1) is 11.7 Å². The Hall–Kier alpha value is -0.0800. The third kappa shape index (κ3) is 3.82. The highest BCUT2D eigenvalue weighted by Crippen LogP contribution is 2.65. The van der Waals surface area contributed by atoms with Crippen LogP contribution in [-0.4, -0.2) is 21.9 Å². The molecule has 4 fully saturated rings. The second-order valence-electron chi connectivity index (χ2n) is 12.2. The molecule has 0 aromatic rings. The van der Waals surface area contributed by atoms with Gasteiger partial charge in [0.25, 0.3) is 0 Å². The lowest BCUT2D eigenvalue weighted by Crippen LogP contribution is -2.50. The lowest BCUT2D eigenvalue weighted by atomic mass is 9.49. The molecule has 4 saturated carbocycles. The number of rotatable bonds is 5. The maximum Gasteiger partial charge on any atom is 0.0622 e. The van der Waals surface area contributed by atoms with E-state index in [-0.39, 0.29) is 6.10 Å². The minimum atomic E-state index is -0.393. The average molecular weight is 391 g/mol. The summed E-state index contributed by atoms with van der Waals surface area (Å²) >= 11 is 0. The zero-order valence-electron chi connectivity index (χ0n) is 19.0. The van der Waals surface area contributed by atoms with E-state index >= 15 is 0 Å². The summed E-state index contributed by atoms with van der Waals surface area (Å²) in [7, 11) is 0. The van der Waals surface area contributed by atoms with E-state index in [1.54, 1.807) is 0 Å². The van der Waals surface area contributed by atoms with E-state index in [1.807, 2.05) is 0 Å². The van der Waals surface area contributed by atoms with Gasteiger partial charge < -0.3 is 10.2 Å². The normalized spacial score (nSPS) is 49.4. The Bertz CT molecular complexity index is 541. The van der Waals surface area contributed by atoms with Crippen LogP contribution in [0.4, 0.5) is 0 Å². The standard InChI is InChI=1S/C26H46O2/c1-17(2)24(27)7-5-6-19-9-11-23-22-10-8-18-16-25(3,28)14-12-20(18)21(22)13-15-26(19,23)4/h17-24,27-28H,5-16H2,1-4H3/t18-,19-,20-,21+,22+,23-,24+,25-,26+/m0/s1. The monoisotopic (exact) mass is 390 g/mol. The molecule has 2 heteroatoms. The molecule has 0 bridgehead atoms. The fraction of sp³-hybridized carbons (Fsp3) is 1.00. The Balaban J connectivity index is 1.38. The van der Waals surface area contributed by atoms with Gasteiger partial charge in [0.15, 0.2) is 0 Å². The summed E-state index contributed by atoms with van der Waals surface area (Å²) in [5.41, 5.74) is 0.174. The second-order valence-corrected chi connectivity index (χ2v) is 12.2. The Kier molecular flexibility index (Phi) is 5.95. The zero-order valence-corrected chi connectivity index (χ0v) is 19.0. The molecule has 0 aliphatic heterocycles. The van der Waals surface area contributed by atoms with E-state index < -0.39 is 5.60 Å². The predicted octanol–water partition coefficient (Wildman–Crippen LogP) is 6.19. The SMILES string of the molecule is CC(C)[C@H](O)CCC[C@H]1CC[C@H]2[C@@H]3CC[C@H]4C[C@@](C)(O)CC[C@@H]4[C@H]3CC[C@]12C. The van der Waals surface area contributed by atoms with Crippen LogP contribution >= 0.6 is 0 Å². The van der Waals surface area contributed by atoms with Gasteiger partial charge in [0, 0.05) is 0 Å². The molecule has 0 heterocycles. The van der Waals surface area contributed by atoms with Crippen LogP contribution in [0.1, 0.15) is 105 Å². The maximum absolute atomic E-state index is 10.6. The number of fused-ring (bicyclic) bond motifs is 5. The Labute approximate surface area is 173 Å². The first-order valence-electron chi connectivity index (χ1n) is 12.6. The van der Waals surface area contributed by atoms with Crippen molar-refractivity contribution in [2.24, 2.45) is 46.8 Å². The van der Waals surface area contributed by atoms with Crippen LogP contribution in [0.25, 0.3) is 0 Å². The topological polar surface area (TPSA) is 40.5 Å². The molecule has 28 heavy (non-hydrogen) atoms. The van der Waals surface area contributed by atoms with Crippen molar-refractivity contribution in [2.75, 3.05) is 0 Å². The smallest absolute Gasteiger partial charge is 0.0622 e. The van der Waals surface area contributed by atoms with Crippen LogP contribution in [0.2, 0.25) is 0 Å². The Morgan fingerprint density at radius 2 is 1.64 bits per heavy atom. The Morgan fingerprint density at radius 1 is 0.893 bits per heavy atom. The summed E-state index contributed by atoms with van der Waals surface area (Å²) in [6, 6.07) is 0. The summed E-state index contributed by atoms with van der Waals surface area (Å²) in [6.07, 6.45) is 15.4. The average Bonchev–Trinajstić information content (AvgIpc) is 2.97. The maximum atomic E-state index is 10.6. The quantitative estimate of drug-likeness (QED) is 0.587. The van der Waals surface area contributed by atoms with Crippen LogP contribution in [0.3, 0.4) is 0 Å². The van der Waals surface area contributed by atoms with Crippen molar-refractivity contribution in [2.45, 2.75) is 116 Å². The molecule has 0 aromatic heterocycles. The fourth-order valence-electron chi connectivity index (χ4n) is 8.57. The molecular weight excluding hydrogens is 344 g/mol. The number of aliphatic hydroxyl groups is 2. The van der Waals surface area contributed by atoms with Crippen molar-refractivity contribution in [3.05, 3.63) is 0 Å². The molecule has 0 aromatic carbocycles. The van der Waals surface area contributed by atoms with E-state index in [0.717, 1.165) is 54.8 Å². The van der Waals surface area contributed by atoms with Gasteiger partial charge in [-0.25, -0.2) is 0 Å². The lowest BCUT2D eigenvalue weighted by molar-refractivity contribution is -0.100. The van der Waals surface area contributed by atoms with Crippen molar-refractivity contribution in [1.82, 2.24) is 0 Å². The lowest BCUT2D eigenvalue weighted by Gasteiger charge is -2.57. The van der Waals surface area contributed by atoms with Gasteiger partial charge in [-0.1, -0.05) is 27.2 Å². The number of hydrogen-bond acceptors (Lipinski definition) is 2. The number of aliphatic hydroxyl groups excluding tert-OH is 1. The van der Waals surface area contributed by atoms with Gasteiger partial charge in [0.2, 0.25) is 0 Å². The highest BCUT2D eigenvalue weighted by molar-refractivity contribution is 5.06. The van der Waals surface area contributed by atoms with Crippen LogP contribution in [0.5, 0.6) is 0 Å². The van der Waals surface area contributed by atoms with Crippen LogP contribution < -0.4 is 0 Å². The first-order chi connectivity index (χ1) is 13.2. The van der Waals surface area contributed by atoms with E-state index in [4.69, 9.17) is 0 Å². The molecule has 0 radical (unpaired) electrons. The van der Waals surface area contributed by atoms with E-state index in [0.29, 0.717) is 11.3 Å². The second kappa shape index (κ2) is 7.88. The van der Waals surface area contributed by atoms with Crippen molar-refractivity contribution >= 4 is 0 Å². The first kappa shape index (κ1) is 21.2. The van der Waals surface area contributed by atoms with Crippen LogP contribution in [-0.2, 0) is 0 Å². The fourth-order valence-corrected chi connectivity index (χ4v) is 8.57. The van der Waals surface area contributed by atoms with Gasteiger partial charge in [-0.3, -0.25) is 0 Å². The third-order valence-corrected chi connectivity index (χ3v) is 10.3. The molecule has 0 saturated heterocycles. The first-order valence-corrected chi connectivity index (χ1v) is 12.6. The summed E-state index contributed by atoms with van der Waals surface area (Å²) in [6.45, 7) is 8.99. The van der Waals surface area contributed by atoms with E-state index in [1.165, 1.54) is 57.8 Å². The van der Waals surface area contributed by atoms with Gasteiger partial charge in [0.1, 0.15) is 0 Å². The molecule has 2 N–H and O–H groups in total. The summed E-state index contributed by atoms with van der Waals surface area (Å²) in [4.78, 5) is 0. The molecule has 0 spiro atoms. The zero-order chi connectivity index (χ0) is 20.1. The predicted molar refractivity (Wildman–Crippen MR) is 116 cm³/mol. The van der Waals surface area contributed by atoms with Crippen molar-refractivity contribution in [3.63, 3.8) is 0 Å². The summed E-state index contributed by atoms with van der Waals surface area (Å²) < 4.78 is 0. The molecule has 162 valence electrons. The highest BCUT2D eigenvalue weighted by Gasteiger charge is 2.57. The van der Waals surface area contributed by atoms with E-state index in [2.05, 4.69) is 27.7 Å². The molecule has 0 amide bonds. The Morgan fingerprint density at radius 3 is 2.39 bits per heavy atom. The molecule has 2 nitrogen and oxygen atoms in total. The van der Waals surface area contributed by atoms with Gasteiger partial charge in [-0.15, -0.1) is 0 Å². The van der Waals surface area contributed by atoms with Gasteiger partial charge >= 0.3 is 0 Å². The minimum Gasteiger partial charge on any atom is -0.393 e. The molecule has 4 rings (SSSR count). The van der Waals surface area contributed by atoms with Crippen LogP contribution in [0.15, 0.2) is 0 Å². The molecule has 9 atom stereocenters.